The lowest BCUT2D eigenvalue weighted by molar-refractivity contribution is -0.121. The Hall–Kier alpha value is -2.48. The molecule has 0 saturated carbocycles. The van der Waals surface area contributed by atoms with Crippen LogP contribution in [0.4, 0.5) is 0 Å². The molecular weight excluding hydrogens is 362 g/mol. The van der Waals surface area contributed by atoms with Crippen molar-refractivity contribution in [2.45, 2.75) is 53.0 Å². The number of aryl methyl sites for hydroxylation is 4. The molecule has 0 aliphatic heterocycles. The number of nitrogens with zero attached hydrogens (tertiary/aromatic N) is 3. The second-order valence-corrected chi connectivity index (χ2v) is 7.74. The number of aromatic amines is 1. The molecule has 1 atom stereocenters. The summed E-state index contributed by atoms with van der Waals surface area (Å²) in [5.74, 6) is -0.0727. The van der Waals surface area contributed by atoms with Gasteiger partial charge in [0.1, 0.15) is 10.7 Å². The van der Waals surface area contributed by atoms with E-state index in [1.165, 1.54) is 0 Å². The molecule has 0 aromatic carbocycles. The van der Waals surface area contributed by atoms with E-state index >= 15 is 0 Å². The van der Waals surface area contributed by atoms with E-state index in [-0.39, 0.29) is 23.9 Å². The van der Waals surface area contributed by atoms with E-state index in [0.29, 0.717) is 17.6 Å². The number of pyridine rings is 1. The normalized spacial score (nSPS) is 12.5. The van der Waals surface area contributed by atoms with Crippen molar-refractivity contribution in [2.24, 2.45) is 7.05 Å². The van der Waals surface area contributed by atoms with Crippen LogP contribution in [0.1, 0.15) is 53.3 Å². The molecule has 0 radical (unpaired) electrons. The minimum atomic E-state index is -0.154. The van der Waals surface area contributed by atoms with E-state index in [1.807, 2.05) is 40.1 Å². The molecule has 1 amide bonds. The van der Waals surface area contributed by atoms with E-state index in [1.54, 1.807) is 16.0 Å². The highest BCUT2D eigenvalue weighted by atomic mass is 32.1. The first-order chi connectivity index (χ1) is 12.8. The van der Waals surface area contributed by atoms with E-state index in [9.17, 15) is 9.59 Å². The number of aromatic nitrogens is 4. The summed E-state index contributed by atoms with van der Waals surface area (Å²) < 4.78 is 1.68. The van der Waals surface area contributed by atoms with Gasteiger partial charge in [-0.05, 0) is 39.2 Å². The number of carbonyl (C=O) groups excluding carboxylic acids is 1. The van der Waals surface area contributed by atoms with Gasteiger partial charge >= 0.3 is 0 Å². The molecule has 3 aromatic heterocycles. The van der Waals surface area contributed by atoms with Gasteiger partial charge in [0, 0.05) is 35.5 Å². The fourth-order valence-corrected chi connectivity index (χ4v) is 4.36. The third-order valence-electron chi connectivity index (χ3n) is 4.84. The van der Waals surface area contributed by atoms with Crippen molar-refractivity contribution in [3.05, 3.63) is 43.3 Å². The highest BCUT2D eigenvalue weighted by Crippen LogP contribution is 2.22. The summed E-state index contributed by atoms with van der Waals surface area (Å²) >= 11 is 1.56. The van der Waals surface area contributed by atoms with Gasteiger partial charge in [-0.15, -0.1) is 11.3 Å². The zero-order chi connectivity index (χ0) is 19.7. The summed E-state index contributed by atoms with van der Waals surface area (Å²) in [5, 5.41) is 11.3. The molecule has 1 unspecified atom stereocenters. The van der Waals surface area contributed by atoms with E-state index < -0.39 is 0 Å². The molecule has 3 rings (SSSR count). The second-order valence-electron chi connectivity index (χ2n) is 6.85. The predicted molar refractivity (Wildman–Crippen MR) is 107 cm³/mol. The Balaban J connectivity index is 1.75. The van der Waals surface area contributed by atoms with E-state index in [2.05, 4.69) is 20.4 Å². The molecule has 0 fully saturated rings. The first kappa shape index (κ1) is 19.3. The van der Waals surface area contributed by atoms with Gasteiger partial charge in [0.2, 0.25) is 5.91 Å². The molecule has 144 valence electrons. The van der Waals surface area contributed by atoms with Crippen LogP contribution in [0.15, 0.2) is 10.2 Å². The Bertz CT molecular complexity index is 1050. The summed E-state index contributed by atoms with van der Waals surface area (Å²) in [6.07, 6.45) is 1.43. The standard InChI is InChI=1S/C19H25N5O2S/c1-6-14(19-20-10(2)9-27-19)21-15(25)8-7-13-11(3)16-12(4)23-24(5)17(16)22-18(13)26/h9,14H,6-8H2,1-5H3,(H,21,25)(H,22,26). The van der Waals surface area contributed by atoms with Gasteiger partial charge in [0.05, 0.1) is 11.7 Å². The first-order valence-electron chi connectivity index (χ1n) is 9.08. The summed E-state index contributed by atoms with van der Waals surface area (Å²) in [7, 11) is 1.81. The number of thiazole rings is 1. The maximum atomic E-state index is 12.5. The highest BCUT2D eigenvalue weighted by Gasteiger charge is 2.18. The van der Waals surface area contributed by atoms with Crippen molar-refractivity contribution >= 4 is 28.3 Å². The number of hydrogen-bond donors (Lipinski definition) is 2. The summed E-state index contributed by atoms with van der Waals surface area (Å²) in [4.78, 5) is 32.3. The summed E-state index contributed by atoms with van der Waals surface area (Å²) in [6, 6.07) is -0.0846. The van der Waals surface area contributed by atoms with Crippen LogP contribution in [0.25, 0.3) is 11.0 Å². The minimum Gasteiger partial charge on any atom is -0.347 e. The molecule has 2 N–H and O–H groups in total. The van der Waals surface area contributed by atoms with Gasteiger partial charge in [-0.25, -0.2) is 4.98 Å². The van der Waals surface area contributed by atoms with Gasteiger partial charge in [-0.2, -0.15) is 5.10 Å². The molecule has 0 aliphatic carbocycles. The lowest BCUT2D eigenvalue weighted by Gasteiger charge is -2.14. The van der Waals surface area contributed by atoms with Crippen LogP contribution in [0, 0.1) is 20.8 Å². The van der Waals surface area contributed by atoms with Gasteiger partial charge in [-0.3, -0.25) is 14.3 Å². The third kappa shape index (κ3) is 3.80. The van der Waals surface area contributed by atoms with E-state index in [0.717, 1.165) is 33.8 Å². The van der Waals surface area contributed by atoms with Crippen LogP contribution in [-0.2, 0) is 18.3 Å². The topological polar surface area (TPSA) is 92.7 Å². The Kier molecular flexibility index (Phi) is 5.46. The number of nitrogens with one attached hydrogen (secondary N) is 2. The number of H-pyrrole nitrogens is 1. The quantitative estimate of drug-likeness (QED) is 0.680. The molecule has 0 bridgehead atoms. The van der Waals surface area contributed by atoms with Gasteiger partial charge < -0.3 is 10.3 Å². The largest absolute Gasteiger partial charge is 0.347 e. The highest BCUT2D eigenvalue weighted by molar-refractivity contribution is 7.09. The van der Waals surface area contributed by atoms with E-state index in [4.69, 9.17) is 0 Å². The number of amides is 1. The fourth-order valence-electron chi connectivity index (χ4n) is 3.43. The Labute approximate surface area is 161 Å². The smallest absolute Gasteiger partial charge is 0.253 e. The Morgan fingerprint density at radius 3 is 2.74 bits per heavy atom. The molecular formula is C19H25N5O2S. The van der Waals surface area contributed by atoms with Crippen LogP contribution in [0.3, 0.4) is 0 Å². The molecule has 3 aromatic rings. The Morgan fingerprint density at radius 1 is 1.37 bits per heavy atom. The number of hydrogen-bond acceptors (Lipinski definition) is 5. The maximum absolute atomic E-state index is 12.5. The van der Waals surface area contributed by atoms with Crippen LogP contribution in [0.2, 0.25) is 0 Å². The third-order valence-corrected chi connectivity index (χ3v) is 5.91. The zero-order valence-electron chi connectivity index (χ0n) is 16.3. The average Bonchev–Trinajstić information content (AvgIpc) is 3.15. The number of fused-ring (bicyclic) bond motifs is 1. The van der Waals surface area contributed by atoms with Crippen LogP contribution >= 0.6 is 11.3 Å². The molecule has 0 spiro atoms. The van der Waals surface area contributed by atoms with Crippen LogP contribution in [0.5, 0.6) is 0 Å². The molecule has 7 nitrogen and oxygen atoms in total. The van der Waals surface area contributed by atoms with Crippen molar-refractivity contribution in [1.29, 1.82) is 0 Å². The molecule has 3 heterocycles. The maximum Gasteiger partial charge on any atom is 0.253 e. The van der Waals surface area contributed by atoms with Crippen LogP contribution in [-0.4, -0.2) is 25.7 Å². The predicted octanol–water partition coefficient (Wildman–Crippen LogP) is 2.84. The summed E-state index contributed by atoms with van der Waals surface area (Å²) in [6.45, 7) is 7.81. The SMILES string of the molecule is CCC(NC(=O)CCc1c(C)c2c(C)nn(C)c2[nH]c1=O)c1nc(C)cs1. The first-order valence-corrected chi connectivity index (χ1v) is 9.96. The van der Waals surface area contributed by atoms with Gasteiger partial charge in [0.25, 0.3) is 5.56 Å². The molecule has 0 aliphatic rings. The van der Waals surface area contributed by atoms with Crippen molar-refractivity contribution < 1.29 is 4.79 Å². The number of rotatable bonds is 6. The van der Waals surface area contributed by atoms with Crippen molar-refractivity contribution in [3.63, 3.8) is 0 Å². The zero-order valence-corrected chi connectivity index (χ0v) is 17.2. The van der Waals surface area contributed by atoms with Gasteiger partial charge in [0.15, 0.2) is 0 Å². The molecule has 27 heavy (non-hydrogen) atoms. The fraction of sp³-hybridized carbons (Fsp3) is 0.474. The van der Waals surface area contributed by atoms with Crippen molar-refractivity contribution in [1.82, 2.24) is 25.1 Å². The lowest BCUT2D eigenvalue weighted by atomic mass is 10.0. The van der Waals surface area contributed by atoms with Crippen molar-refractivity contribution in [2.75, 3.05) is 0 Å². The lowest BCUT2D eigenvalue weighted by Crippen LogP contribution is -2.29. The average molecular weight is 388 g/mol. The Morgan fingerprint density at radius 2 is 2.11 bits per heavy atom. The van der Waals surface area contributed by atoms with Gasteiger partial charge in [-0.1, -0.05) is 6.92 Å². The summed E-state index contributed by atoms with van der Waals surface area (Å²) in [5.41, 5.74) is 3.94. The molecule has 8 heteroatoms. The minimum absolute atomic E-state index is 0.0727. The second kappa shape index (κ2) is 7.64. The molecule has 0 saturated heterocycles. The number of carbonyl (C=O) groups is 1. The van der Waals surface area contributed by atoms with Crippen LogP contribution < -0.4 is 10.9 Å². The van der Waals surface area contributed by atoms with Crippen molar-refractivity contribution in [3.8, 4) is 0 Å². The monoisotopic (exact) mass is 387 g/mol.